The summed E-state index contributed by atoms with van der Waals surface area (Å²) >= 11 is 0. The Labute approximate surface area is 150 Å². The molecule has 3 rings (SSSR count). The second kappa shape index (κ2) is 7.75. The number of aryl methyl sites for hydroxylation is 1. The van der Waals surface area contributed by atoms with Crippen LogP contribution in [0.3, 0.4) is 0 Å². The van der Waals surface area contributed by atoms with Crippen molar-refractivity contribution in [2.45, 2.75) is 70.1 Å². The van der Waals surface area contributed by atoms with Crippen molar-refractivity contribution in [3.63, 3.8) is 0 Å². The summed E-state index contributed by atoms with van der Waals surface area (Å²) in [5, 5.41) is 10.3. The van der Waals surface area contributed by atoms with Crippen LogP contribution in [0.2, 0.25) is 0 Å². The number of hydrogen-bond donors (Lipinski definition) is 3. The molecule has 25 heavy (non-hydrogen) atoms. The van der Waals surface area contributed by atoms with E-state index in [4.69, 9.17) is 4.74 Å². The van der Waals surface area contributed by atoms with E-state index in [1.54, 1.807) is 0 Å². The Bertz CT molecular complexity index is 579. The lowest BCUT2D eigenvalue weighted by Gasteiger charge is -2.42. The number of benzene rings is 1. The van der Waals surface area contributed by atoms with E-state index in [2.05, 4.69) is 35.0 Å². The van der Waals surface area contributed by atoms with Gasteiger partial charge in [-0.1, -0.05) is 17.7 Å². The van der Waals surface area contributed by atoms with Gasteiger partial charge in [-0.25, -0.2) is 0 Å². The minimum absolute atomic E-state index is 0.0524. The molecule has 0 spiro atoms. The lowest BCUT2D eigenvalue weighted by atomic mass is 9.84. The zero-order chi connectivity index (χ0) is 17.9. The Morgan fingerprint density at radius 3 is 2.28 bits per heavy atom. The van der Waals surface area contributed by atoms with Gasteiger partial charge >= 0.3 is 0 Å². The van der Waals surface area contributed by atoms with Crippen molar-refractivity contribution >= 4 is 11.6 Å². The van der Waals surface area contributed by atoms with Gasteiger partial charge in [0.25, 0.3) is 0 Å². The van der Waals surface area contributed by atoms with Gasteiger partial charge in [-0.2, -0.15) is 0 Å². The predicted octanol–water partition coefficient (Wildman–Crippen LogP) is 2.60. The number of carbonyl (C=O) groups excluding carboxylic acids is 1. The average Bonchev–Trinajstić information content (AvgIpc) is 2.59. The molecule has 0 radical (unpaired) electrons. The fraction of sp³-hybridized carbons (Fsp3) is 0.650. The van der Waals surface area contributed by atoms with E-state index in [0.29, 0.717) is 12.1 Å². The first kappa shape index (κ1) is 18.2. The van der Waals surface area contributed by atoms with Crippen molar-refractivity contribution in [3.05, 3.63) is 29.8 Å². The van der Waals surface area contributed by atoms with Crippen molar-refractivity contribution in [2.75, 3.05) is 18.5 Å². The molecule has 1 aliphatic carbocycles. The first-order valence-electron chi connectivity index (χ1n) is 9.44. The SMILES string of the molecule is Cc1ccc(NC(C)(C)C(=O)NC2CCC2NC2CCOCC2)cc1. The fourth-order valence-corrected chi connectivity index (χ4v) is 3.44. The molecule has 2 atom stereocenters. The van der Waals surface area contributed by atoms with Crippen LogP contribution in [0, 0.1) is 6.92 Å². The molecule has 0 aromatic heterocycles. The summed E-state index contributed by atoms with van der Waals surface area (Å²) < 4.78 is 5.41. The van der Waals surface area contributed by atoms with Gasteiger partial charge in [0.05, 0.1) is 0 Å². The molecular weight excluding hydrogens is 314 g/mol. The molecule has 1 saturated carbocycles. The van der Waals surface area contributed by atoms with E-state index in [9.17, 15) is 4.79 Å². The van der Waals surface area contributed by atoms with Gasteiger partial charge in [0.2, 0.25) is 5.91 Å². The summed E-state index contributed by atoms with van der Waals surface area (Å²) in [6.07, 6.45) is 4.32. The number of hydrogen-bond acceptors (Lipinski definition) is 4. The van der Waals surface area contributed by atoms with Gasteiger partial charge in [-0.05, 0) is 58.6 Å². The summed E-state index contributed by atoms with van der Waals surface area (Å²) in [4.78, 5) is 12.8. The molecule has 2 aliphatic rings. The van der Waals surface area contributed by atoms with Gasteiger partial charge < -0.3 is 20.7 Å². The van der Waals surface area contributed by atoms with Crippen LogP contribution in [0.5, 0.6) is 0 Å². The Balaban J connectivity index is 1.50. The van der Waals surface area contributed by atoms with E-state index in [1.165, 1.54) is 5.56 Å². The molecule has 1 amide bonds. The minimum atomic E-state index is -0.645. The average molecular weight is 345 g/mol. The largest absolute Gasteiger partial charge is 0.381 e. The molecular formula is C20H31N3O2. The number of nitrogens with one attached hydrogen (secondary N) is 3. The number of rotatable bonds is 6. The summed E-state index contributed by atoms with van der Waals surface area (Å²) in [5.74, 6) is 0.0524. The molecule has 0 bridgehead atoms. The van der Waals surface area contributed by atoms with Crippen LogP contribution < -0.4 is 16.0 Å². The van der Waals surface area contributed by atoms with Gasteiger partial charge in [-0.3, -0.25) is 4.79 Å². The van der Waals surface area contributed by atoms with E-state index >= 15 is 0 Å². The molecule has 1 saturated heterocycles. The quantitative estimate of drug-likeness (QED) is 0.742. The monoisotopic (exact) mass is 345 g/mol. The second-order valence-electron chi connectivity index (χ2n) is 7.93. The third-order valence-electron chi connectivity index (χ3n) is 5.34. The van der Waals surface area contributed by atoms with Gasteiger partial charge in [0.1, 0.15) is 5.54 Å². The molecule has 1 aliphatic heterocycles. The highest BCUT2D eigenvalue weighted by atomic mass is 16.5. The summed E-state index contributed by atoms with van der Waals surface area (Å²) in [5.41, 5.74) is 1.54. The van der Waals surface area contributed by atoms with Crippen LogP contribution >= 0.6 is 0 Å². The summed E-state index contributed by atoms with van der Waals surface area (Å²) in [6.45, 7) is 7.61. The standard InChI is InChI=1S/C20H31N3O2/c1-14-4-6-16(7-5-14)23-20(2,3)19(24)22-18-9-8-17(18)21-15-10-12-25-13-11-15/h4-7,15,17-18,21,23H,8-13H2,1-3H3,(H,22,24). The first-order valence-corrected chi connectivity index (χ1v) is 9.44. The van der Waals surface area contributed by atoms with E-state index < -0.39 is 5.54 Å². The summed E-state index contributed by atoms with van der Waals surface area (Å²) in [6, 6.07) is 9.28. The van der Waals surface area contributed by atoms with E-state index in [-0.39, 0.29) is 11.9 Å². The fourth-order valence-electron chi connectivity index (χ4n) is 3.44. The molecule has 138 valence electrons. The van der Waals surface area contributed by atoms with Gasteiger partial charge in [0, 0.05) is 37.0 Å². The van der Waals surface area contributed by atoms with Gasteiger partial charge in [0.15, 0.2) is 0 Å². The van der Waals surface area contributed by atoms with Crippen LogP contribution in [0.25, 0.3) is 0 Å². The molecule has 5 nitrogen and oxygen atoms in total. The molecule has 2 fully saturated rings. The Morgan fingerprint density at radius 2 is 1.68 bits per heavy atom. The third kappa shape index (κ3) is 4.73. The molecule has 5 heteroatoms. The lowest BCUT2D eigenvalue weighted by Crippen LogP contribution is -2.62. The predicted molar refractivity (Wildman–Crippen MR) is 101 cm³/mol. The lowest BCUT2D eigenvalue weighted by molar-refractivity contribution is -0.126. The first-order chi connectivity index (χ1) is 11.9. The second-order valence-corrected chi connectivity index (χ2v) is 7.93. The van der Waals surface area contributed by atoms with Crippen LogP contribution in [-0.2, 0) is 9.53 Å². The molecule has 1 aromatic rings. The number of anilines is 1. The van der Waals surface area contributed by atoms with E-state index in [0.717, 1.165) is 44.6 Å². The maximum absolute atomic E-state index is 12.8. The highest BCUT2D eigenvalue weighted by molar-refractivity contribution is 5.88. The van der Waals surface area contributed by atoms with Gasteiger partial charge in [-0.15, -0.1) is 0 Å². The molecule has 1 aromatic carbocycles. The van der Waals surface area contributed by atoms with Crippen LogP contribution in [0.4, 0.5) is 5.69 Å². The minimum Gasteiger partial charge on any atom is -0.381 e. The zero-order valence-electron chi connectivity index (χ0n) is 15.6. The molecule has 2 unspecified atom stereocenters. The smallest absolute Gasteiger partial charge is 0.245 e. The highest BCUT2D eigenvalue weighted by Gasteiger charge is 2.37. The van der Waals surface area contributed by atoms with Crippen molar-refractivity contribution in [1.29, 1.82) is 0 Å². The maximum atomic E-state index is 12.8. The Kier molecular flexibility index (Phi) is 5.64. The molecule has 1 heterocycles. The van der Waals surface area contributed by atoms with Crippen molar-refractivity contribution in [1.82, 2.24) is 10.6 Å². The van der Waals surface area contributed by atoms with Crippen LogP contribution in [0.1, 0.15) is 45.1 Å². The van der Waals surface area contributed by atoms with E-state index in [1.807, 2.05) is 26.0 Å². The van der Waals surface area contributed by atoms with Crippen LogP contribution in [0.15, 0.2) is 24.3 Å². The zero-order valence-corrected chi connectivity index (χ0v) is 15.6. The summed E-state index contributed by atoms with van der Waals surface area (Å²) in [7, 11) is 0. The number of carbonyl (C=O) groups is 1. The van der Waals surface area contributed by atoms with Crippen molar-refractivity contribution in [3.8, 4) is 0 Å². The topological polar surface area (TPSA) is 62.4 Å². The molecule has 3 N–H and O–H groups in total. The third-order valence-corrected chi connectivity index (χ3v) is 5.34. The Morgan fingerprint density at radius 1 is 1.04 bits per heavy atom. The van der Waals surface area contributed by atoms with Crippen LogP contribution in [-0.4, -0.2) is 42.8 Å². The van der Waals surface area contributed by atoms with Crippen molar-refractivity contribution in [2.24, 2.45) is 0 Å². The van der Waals surface area contributed by atoms with Crippen molar-refractivity contribution < 1.29 is 9.53 Å². The Hall–Kier alpha value is -1.59. The normalized spacial score (nSPS) is 24.4. The highest BCUT2D eigenvalue weighted by Crippen LogP contribution is 2.24. The maximum Gasteiger partial charge on any atom is 0.245 e. The number of ether oxygens (including phenoxy) is 1. The number of amides is 1.